The van der Waals surface area contributed by atoms with Gasteiger partial charge in [-0.25, -0.2) is 9.18 Å². The van der Waals surface area contributed by atoms with Crippen molar-refractivity contribution >= 4 is 42.3 Å². The van der Waals surface area contributed by atoms with Crippen LogP contribution in [0.15, 0.2) is 35.1 Å². The lowest BCUT2D eigenvalue weighted by atomic mass is 10.2. The average Bonchev–Trinajstić information content (AvgIpc) is 3.30. The number of cyclic esters (lactones) is 1. The molecule has 1 aromatic heterocycles. The second-order valence-corrected chi connectivity index (χ2v) is 6.14. The Kier molecular flexibility index (Phi) is 7.73. The number of hydrogen-bond donors (Lipinski definition) is 1. The quantitative estimate of drug-likeness (QED) is 0.773. The molecule has 1 N–H and O–H groups in total. The summed E-state index contributed by atoms with van der Waals surface area (Å²) >= 11 is 0. The second-order valence-electron chi connectivity index (χ2n) is 6.14. The Morgan fingerprint density at radius 3 is 2.71 bits per heavy atom. The minimum absolute atomic E-state index is 0. The molecule has 0 radical (unpaired) electrons. The van der Waals surface area contributed by atoms with Crippen molar-refractivity contribution in [2.45, 2.75) is 6.10 Å². The molecule has 28 heavy (non-hydrogen) atoms. The zero-order valence-corrected chi connectivity index (χ0v) is 16.5. The van der Waals surface area contributed by atoms with Gasteiger partial charge in [0.2, 0.25) is 0 Å². The van der Waals surface area contributed by atoms with Crippen LogP contribution in [0.5, 0.6) is 5.88 Å². The summed E-state index contributed by atoms with van der Waals surface area (Å²) < 4.78 is 29.9. The van der Waals surface area contributed by atoms with Gasteiger partial charge in [0, 0.05) is 32.2 Å². The van der Waals surface area contributed by atoms with Crippen molar-refractivity contribution in [3.63, 3.8) is 0 Å². The highest BCUT2D eigenvalue weighted by Crippen LogP contribution is 2.28. The zero-order chi connectivity index (χ0) is 17.9. The number of amides is 1. The number of rotatable bonds is 5. The van der Waals surface area contributed by atoms with E-state index in [0.29, 0.717) is 17.3 Å². The van der Waals surface area contributed by atoms with Crippen LogP contribution in [0.4, 0.5) is 20.6 Å². The van der Waals surface area contributed by atoms with Gasteiger partial charge in [-0.05, 0) is 23.4 Å². The lowest BCUT2D eigenvalue weighted by Crippen LogP contribution is -2.43. The second kappa shape index (κ2) is 9.81. The number of anilines is 2. The molecular formula is C17H21Cl2FN4O4. The van der Waals surface area contributed by atoms with Crippen LogP contribution >= 0.6 is 24.8 Å². The molecule has 2 fully saturated rings. The first kappa shape index (κ1) is 22.1. The molecule has 154 valence electrons. The third kappa shape index (κ3) is 4.78. The molecule has 2 aliphatic heterocycles. The van der Waals surface area contributed by atoms with Crippen LogP contribution in [0.3, 0.4) is 0 Å². The van der Waals surface area contributed by atoms with Crippen LogP contribution in [0, 0.1) is 5.82 Å². The lowest BCUT2D eigenvalue weighted by molar-refractivity contribution is 0.102. The van der Waals surface area contributed by atoms with Gasteiger partial charge in [-0.3, -0.25) is 4.90 Å². The number of hydrogen-bond acceptors (Lipinski definition) is 7. The van der Waals surface area contributed by atoms with E-state index >= 15 is 0 Å². The minimum Gasteiger partial charge on any atom is -0.471 e. The number of nitrogens with one attached hydrogen (secondary N) is 1. The highest BCUT2D eigenvalue weighted by atomic mass is 35.5. The van der Waals surface area contributed by atoms with E-state index in [2.05, 4.69) is 15.0 Å². The summed E-state index contributed by atoms with van der Waals surface area (Å²) in [6.07, 6.45) is 0.411. The van der Waals surface area contributed by atoms with E-state index in [9.17, 15) is 9.18 Å². The van der Waals surface area contributed by atoms with E-state index in [1.807, 2.05) is 4.90 Å². The van der Waals surface area contributed by atoms with E-state index in [1.165, 1.54) is 17.2 Å². The van der Waals surface area contributed by atoms with Crippen molar-refractivity contribution in [1.29, 1.82) is 0 Å². The number of nitrogens with zero attached hydrogens (tertiary/aromatic N) is 3. The van der Waals surface area contributed by atoms with Crippen LogP contribution in [0.25, 0.3) is 0 Å². The highest BCUT2D eigenvalue weighted by molar-refractivity contribution is 5.90. The average molecular weight is 435 g/mol. The van der Waals surface area contributed by atoms with Gasteiger partial charge in [-0.15, -0.1) is 24.8 Å². The first-order chi connectivity index (χ1) is 12.7. The number of carbonyl (C=O) groups is 1. The van der Waals surface area contributed by atoms with E-state index < -0.39 is 12.2 Å². The fraction of sp³-hybridized carbons (Fsp3) is 0.412. The fourth-order valence-electron chi connectivity index (χ4n) is 3.10. The van der Waals surface area contributed by atoms with Crippen molar-refractivity contribution in [1.82, 2.24) is 10.5 Å². The standard InChI is InChI=1S/C17H19FN4O4.2ClH/c18-14-9-12(1-2-15(14)21-6-4-19-5-7-21)22-10-13(26-17(22)23)11-24-16-3-8-25-20-16;;/h1-3,8-9,13,19H,4-7,10-11H2;2*1H. The molecule has 2 saturated heterocycles. The summed E-state index contributed by atoms with van der Waals surface area (Å²) in [5, 5.41) is 6.87. The summed E-state index contributed by atoms with van der Waals surface area (Å²) in [5.41, 5.74) is 1.02. The molecule has 2 aromatic rings. The van der Waals surface area contributed by atoms with Crippen LogP contribution in [-0.4, -0.2) is 56.7 Å². The van der Waals surface area contributed by atoms with E-state index in [0.717, 1.165) is 26.2 Å². The molecular weight excluding hydrogens is 414 g/mol. The van der Waals surface area contributed by atoms with Gasteiger partial charge in [-0.2, -0.15) is 0 Å². The summed E-state index contributed by atoms with van der Waals surface area (Å²) in [6, 6.07) is 6.39. The van der Waals surface area contributed by atoms with Crippen molar-refractivity contribution < 1.29 is 23.2 Å². The number of benzene rings is 1. The highest BCUT2D eigenvalue weighted by Gasteiger charge is 2.33. The summed E-state index contributed by atoms with van der Waals surface area (Å²) in [7, 11) is 0. The summed E-state index contributed by atoms with van der Waals surface area (Å²) in [6.45, 7) is 3.59. The molecule has 8 nitrogen and oxygen atoms in total. The largest absolute Gasteiger partial charge is 0.471 e. The van der Waals surface area contributed by atoms with Gasteiger partial charge in [0.1, 0.15) is 18.7 Å². The van der Waals surface area contributed by atoms with Gasteiger partial charge >= 0.3 is 6.09 Å². The Bertz CT molecular complexity index is 775. The van der Waals surface area contributed by atoms with Crippen LogP contribution in [0.2, 0.25) is 0 Å². The molecule has 1 amide bonds. The van der Waals surface area contributed by atoms with Crippen molar-refractivity contribution in [3.05, 3.63) is 36.3 Å². The van der Waals surface area contributed by atoms with Crippen LogP contribution < -0.4 is 19.9 Å². The maximum absolute atomic E-state index is 14.6. The molecule has 1 aromatic carbocycles. The molecule has 0 saturated carbocycles. The molecule has 11 heteroatoms. The smallest absolute Gasteiger partial charge is 0.414 e. The predicted molar refractivity (Wildman–Crippen MR) is 106 cm³/mol. The number of carbonyl (C=O) groups excluding carboxylic acids is 1. The predicted octanol–water partition coefficient (Wildman–Crippen LogP) is 2.47. The Balaban J connectivity index is 0.00000140. The SMILES string of the molecule is Cl.Cl.O=C1OC(COc2ccon2)CN1c1ccc(N2CCNCC2)c(F)c1. The number of ether oxygens (including phenoxy) is 2. The third-order valence-corrected chi connectivity index (χ3v) is 4.41. The maximum Gasteiger partial charge on any atom is 0.414 e. The first-order valence-corrected chi connectivity index (χ1v) is 8.47. The number of aromatic nitrogens is 1. The van der Waals surface area contributed by atoms with Crippen molar-refractivity contribution in [2.24, 2.45) is 0 Å². The van der Waals surface area contributed by atoms with E-state index in [4.69, 9.17) is 9.47 Å². The first-order valence-electron chi connectivity index (χ1n) is 8.47. The van der Waals surface area contributed by atoms with Gasteiger partial charge in [-0.1, -0.05) is 0 Å². The zero-order valence-electron chi connectivity index (χ0n) is 14.9. The fourth-order valence-corrected chi connectivity index (χ4v) is 3.10. The van der Waals surface area contributed by atoms with E-state index in [-0.39, 0.29) is 43.8 Å². The van der Waals surface area contributed by atoms with Crippen molar-refractivity contribution in [2.75, 3.05) is 49.1 Å². The molecule has 1 unspecified atom stereocenters. The van der Waals surface area contributed by atoms with Gasteiger partial charge < -0.3 is 24.2 Å². The molecule has 3 heterocycles. The molecule has 0 bridgehead atoms. The summed E-state index contributed by atoms with van der Waals surface area (Å²) in [5.74, 6) is -0.0228. The molecule has 0 spiro atoms. The number of piperazine rings is 1. The molecule has 1 atom stereocenters. The minimum atomic E-state index is -0.520. The Hall–Kier alpha value is -2.23. The lowest BCUT2D eigenvalue weighted by Gasteiger charge is -2.30. The molecule has 4 rings (SSSR count). The number of halogens is 3. The molecule has 2 aliphatic rings. The normalized spacial score (nSPS) is 18.9. The Morgan fingerprint density at radius 2 is 2.04 bits per heavy atom. The van der Waals surface area contributed by atoms with Gasteiger partial charge in [0.25, 0.3) is 5.88 Å². The van der Waals surface area contributed by atoms with Crippen LogP contribution in [0.1, 0.15) is 0 Å². The Labute approximate surface area is 173 Å². The third-order valence-electron chi connectivity index (χ3n) is 4.41. The summed E-state index contributed by atoms with van der Waals surface area (Å²) in [4.78, 5) is 15.5. The van der Waals surface area contributed by atoms with E-state index in [1.54, 1.807) is 18.2 Å². The molecule has 0 aliphatic carbocycles. The Morgan fingerprint density at radius 1 is 1.25 bits per heavy atom. The van der Waals surface area contributed by atoms with Crippen LogP contribution in [-0.2, 0) is 4.74 Å². The maximum atomic E-state index is 14.6. The van der Waals surface area contributed by atoms with Crippen molar-refractivity contribution in [3.8, 4) is 5.88 Å². The van der Waals surface area contributed by atoms with Gasteiger partial charge in [0.15, 0.2) is 6.10 Å². The topological polar surface area (TPSA) is 80.1 Å². The monoisotopic (exact) mass is 434 g/mol. The van der Waals surface area contributed by atoms with Gasteiger partial charge in [0.05, 0.1) is 17.9 Å².